The number of benzene rings is 7. The highest BCUT2D eigenvalue weighted by molar-refractivity contribution is 6.14. The van der Waals surface area contributed by atoms with Gasteiger partial charge in [-0.05, 0) is 97.4 Å². The summed E-state index contributed by atoms with van der Waals surface area (Å²) in [7, 11) is 0. The van der Waals surface area contributed by atoms with Gasteiger partial charge >= 0.3 is 0 Å². The summed E-state index contributed by atoms with van der Waals surface area (Å²) in [6.07, 6.45) is 0. The number of aromatic nitrogens is 1. The van der Waals surface area contributed by atoms with Gasteiger partial charge in [0.05, 0.1) is 11.0 Å². The van der Waals surface area contributed by atoms with Crippen molar-refractivity contribution < 1.29 is 0 Å². The lowest BCUT2D eigenvalue weighted by Gasteiger charge is -2.21. The van der Waals surface area contributed by atoms with Gasteiger partial charge in [0.15, 0.2) is 0 Å². The predicted octanol–water partition coefficient (Wildman–Crippen LogP) is 11.1. The molecule has 0 N–H and O–H groups in total. The number of para-hydroxylation sites is 1. The summed E-state index contributed by atoms with van der Waals surface area (Å²) in [5, 5.41) is 7.72. The van der Waals surface area contributed by atoms with Gasteiger partial charge in [-0.15, -0.1) is 0 Å². The Labute approximate surface area is 245 Å². The third kappa shape index (κ3) is 3.19. The van der Waals surface area contributed by atoms with Crippen molar-refractivity contribution in [3.05, 3.63) is 151 Å². The third-order valence-electron chi connectivity index (χ3n) is 9.56. The Kier molecular flexibility index (Phi) is 4.73. The van der Waals surface area contributed by atoms with Crippen LogP contribution in [-0.4, -0.2) is 4.57 Å². The molecule has 1 heterocycles. The Balaban J connectivity index is 1.26. The van der Waals surface area contributed by atoms with Crippen LogP contribution in [0.25, 0.3) is 71.3 Å². The van der Waals surface area contributed by atoms with Crippen LogP contribution in [0.5, 0.6) is 0 Å². The van der Waals surface area contributed by atoms with Crippen molar-refractivity contribution in [3.8, 4) is 27.9 Å². The van der Waals surface area contributed by atoms with E-state index < -0.39 is 0 Å². The number of hydrogen-bond acceptors (Lipinski definition) is 0. The lowest BCUT2D eigenvalue weighted by atomic mass is 9.82. The van der Waals surface area contributed by atoms with Crippen molar-refractivity contribution in [2.45, 2.75) is 19.3 Å². The summed E-state index contributed by atoms with van der Waals surface area (Å²) in [4.78, 5) is 0. The molecule has 0 radical (unpaired) electrons. The predicted molar refractivity (Wildman–Crippen MR) is 179 cm³/mol. The smallest absolute Gasteiger partial charge is 0.0547 e. The lowest BCUT2D eigenvalue weighted by Crippen LogP contribution is -2.14. The summed E-state index contributed by atoms with van der Waals surface area (Å²) in [6, 6.07) is 51.7. The second kappa shape index (κ2) is 8.44. The van der Waals surface area contributed by atoms with Gasteiger partial charge in [-0.1, -0.05) is 111 Å². The highest BCUT2D eigenvalue weighted by atomic mass is 15.0. The Morgan fingerprint density at radius 2 is 1.12 bits per heavy atom. The average Bonchev–Trinajstić information content (AvgIpc) is 3.47. The molecule has 42 heavy (non-hydrogen) atoms. The molecule has 9 rings (SSSR count). The molecule has 1 aromatic heterocycles. The minimum Gasteiger partial charge on any atom is -0.309 e. The van der Waals surface area contributed by atoms with E-state index in [0.29, 0.717) is 0 Å². The van der Waals surface area contributed by atoms with Crippen LogP contribution in [0.3, 0.4) is 0 Å². The van der Waals surface area contributed by atoms with Gasteiger partial charge in [-0.3, -0.25) is 0 Å². The van der Waals surface area contributed by atoms with Crippen LogP contribution in [-0.2, 0) is 5.41 Å². The summed E-state index contributed by atoms with van der Waals surface area (Å²) in [5.74, 6) is 0. The van der Waals surface area contributed by atoms with Crippen LogP contribution < -0.4 is 0 Å². The van der Waals surface area contributed by atoms with E-state index >= 15 is 0 Å². The normalized spacial score (nSPS) is 13.7. The fourth-order valence-corrected chi connectivity index (χ4v) is 7.46. The summed E-state index contributed by atoms with van der Waals surface area (Å²) < 4.78 is 2.43. The molecular formula is C41H29N. The van der Waals surface area contributed by atoms with Crippen LogP contribution in [0.15, 0.2) is 140 Å². The second-order valence-corrected chi connectivity index (χ2v) is 12.2. The Morgan fingerprint density at radius 3 is 2.00 bits per heavy atom. The van der Waals surface area contributed by atoms with Crippen LogP contribution in [0, 0.1) is 0 Å². The monoisotopic (exact) mass is 535 g/mol. The topological polar surface area (TPSA) is 4.93 Å². The molecule has 1 aliphatic carbocycles. The van der Waals surface area contributed by atoms with E-state index in [0.717, 1.165) is 0 Å². The molecule has 0 aliphatic heterocycles. The molecule has 1 aliphatic rings. The second-order valence-electron chi connectivity index (χ2n) is 12.2. The molecule has 0 amide bonds. The van der Waals surface area contributed by atoms with Gasteiger partial charge in [0.2, 0.25) is 0 Å². The molecule has 1 nitrogen and oxygen atoms in total. The number of nitrogens with zero attached hydrogens (tertiary/aromatic N) is 1. The van der Waals surface area contributed by atoms with Crippen LogP contribution in [0.1, 0.15) is 25.0 Å². The summed E-state index contributed by atoms with van der Waals surface area (Å²) >= 11 is 0. The van der Waals surface area contributed by atoms with E-state index in [1.165, 1.54) is 82.4 Å². The molecule has 0 saturated heterocycles. The standard InChI is InChI=1S/C41H29N/c1-41(2)37-16-7-5-13-33(37)35-22-29-25-40-36(23-28(29)24-38(35)41)34-14-6-8-17-39(34)42(40)30-20-18-27(19-21-30)32-15-9-11-26-10-3-4-12-31(26)32/h3-25H,1-2H3. The number of hydrogen-bond donors (Lipinski definition) is 0. The fraction of sp³-hybridized carbons (Fsp3) is 0.0732. The maximum Gasteiger partial charge on any atom is 0.0547 e. The van der Waals surface area contributed by atoms with E-state index in [-0.39, 0.29) is 5.41 Å². The van der Waals surface area contributed by atoms with Gasteiger partial charge in [0, 0.05) is 21.9 Å². The van der Waals surface area contributed by atoms with Crippen molar-refractivity contribution in [1.82, 2.24) is 4.57 Å². The first kappa shape index (κ1) is 23.6. The zero-order chi connectivity index (χ0) is 28.0. The fourth-order valence-electron chi connectivity index (χ4n) is 7.46. The Hall–Kier alpha value is -5.14. The third-order valence-corrected chi connectivity index (χ3v) is 9.56. The molecule has 7 aromatic carbocycles. The van der Waals surface area contributed by atoms with Crippen molar-refractivity contribution in [1.29, 1.82) is 0 Å². The lowest BCUT2D eigenvalue weighted by molar-refractivity contribution is 0.661. The van der Waals surface area contributed by atoms with E-state index in [1.54, 1.807) is 0 Å². The minimum atomic E-state index is -0.00506. The van der Waals surface area contributed by atoms with Crippen molar-refractivity contribution in [3.63, 3.8) is 0 Å². The van der Waals surface area contributed by atoms with E-state index in [1.807, 2.05) is 0 Å². The molecule has 1 heteroatoms. The molecule has 0 unspecified atom stereocenters. The number of rotatable bonds is 2. The zero-order valence-electron chi connectivity index (χ0n) is 23.7. The van der Waals surface area contributed by atoms with E-state index in [2.05, 4.69) is 158 Å². The van der Waals surface area contributed by atoms with Crippen molar-refractivity contribution in [2.24, 2.45) is 0 Å². The maximum atomic E-state index is 2.44. The quantitative estimate of drug-likeness (QED) is 0.207. The summed E-state index contributed by atoms with van der Waals surface area (Å²) in [6.45, 7) is 4.71. The van der Waals surface area contributed by atoms with Gasteiger partial charge in [0.1, 0.15) is 0 Å². The Bertz CT molecular complexity index is 2360. The summed E-state index contributed by atoms with van der Waals surface area (Å²) in [5.41, 5.74) is 11.7. The molecule has 0 spiro atoms. The molecular weight excluding hydrogens is 506 g/mol. The maximum absolute atomic E-state index is 2.44. The van der Waals surface area contributed by atoms with Crippen LogP contribution >= 0.6 is 0 Å². The van der Waals surface area contributed by atoms with Crippen molar-refractivity contribution >= 4 is 43.4 Å². The minimum absolute atomic E-state index is 0.00506. The molecule has 198 valence electrons. The molecule has 0 fully saturated rings. The van der Waals surface area contributed by atoms with Gasteiger partial charge in [0.25, 0.3) is 0 Å². The van der Waals surface area contributed by atoms with Crippen LogP contribution in [0.2, 0.25) is 0 Å². The van der Waals surface area contributed by atoms with Crippen molar-refractivity contribution in [2.75, 3.05) is 0 Å². The Morgan fingerprint density at radius 1 is 0.429 bits per heavy atom. The zero-order valence-corrected chi connectivity index (χ0v) is 23.7. The first-order valence-electron chi connectivity index (χ1n) is 14.8. The molecule has 0 atom stereocenters. The van der Waals surface area contributed by atoms with Crippen LogP contribution in [0.4, 0.5) is 0 Å². The largest absolute Gasteiger partial charge is 0.309 e. The SMILES string of the molecule is CC1(C)c2ccccc2-c2cc3cc4c(cc3cc21)c1ccccc1n4-c1ccc(-c2cccc3ccccc23)cc1. The highest BCUT2D eigenvalue weighted by Crippen LogP contribution is 2.50. The van der Waals surface area contributed by atoms with E-state index in [4.69, 9.17) is 0 Å². The molecule has 0 bridgehead atoms. The average molecular weight is 536 g/mol. The molecule has 0 saturated carbocycles. The van der Waals surface area contributed by atoms with E-state index in [9.17, 15) is 0 Å². The van der Waals surface area contributed by atoms with Gasteiger partial charge in [-0.25, -0.2) is 0 Å². The first-order valence-corrected chi connectivity index (χ1v) is 14.8. The van der Waals surface area contributed by atoms with Gasteiger partial charge in [-0.2, -0.15) is 0 Å². The highest BCUT2D eigenvalue weighted by Gasteiger charge is 2.35. The molecule has 8 aromatic rings. The number of fused-ring (bicyclic) bond motifs is 8. The van der Waals surface area contributed by atoms with Gasteiger partial charge < -0.3 is 4.57 Å². The first-order chi connectivity index (χ1) is 20.6.